The van der Waals surface area contributed by atoms with Crippen molar-refractivity contribution in [3.05, 3.63) is 172 Å². The Balaban J connectivity index is 0.000000213. The third-order valence-electron chi connectivity index (χ3n) is 12.3. The summed E-state index contributed by atoms with van der Waals surface area (Å²) >= 11 is 37.0. The summed E-state index contributed by atoms with van der Waals surface area (Å²) in [5.74, 6) is 0. The number of halogens is 6. The van der Waals surface area contributed by atoms with Gasteiger partial charge in [-0.05, 0) is 138 Å². The van der Waals surface area contributed by atoms with E-state index < -0.39 is 10.8 Å². The van der Waals surface area contributed by atoms with E-state index >= 15 is 0 Å². The number of rotatable bonds is 5. The monoisotopic (exact) mass is 1260 g/mol. The Morgan fingerprint density at radius 3 is 1.70 bits per heavy atom. The van der Waals surface area contributed by atoms with Crippen molar-refractivity contribution in [2.75, 3.05) is 105 Å². The van der Waals surface area contributed by atoms with Crippen LogP contribution in [0.5, 0.6) is 0 Å². The van der Waals surface area contributed by atoms with Crippen LogP contribution in [0, 0.1) is 23.1 Å². The lowest BCUT2D eigenvalue weighted by molar-refractivity contribution is -0.719. The smallest absolute Gasteiger partial charge is 0.466 e. The number of pyridine rings is 3. The van der Waals surface area contributed by atoms with Gasteiger partial charge in [0.15, 0.2) is 0 Å². The summed E-state index contributed by atoms with van der Waals surface area (Å²) in [4.78, 5) is 53.8. The van der Waals surface area contributed by atoms with E-state index in [9.17, 15) is 9.59 Å². The number of fused-ring (bicyclic) bond motifs is 5. The Kier molecular flexibility index (Phi) is 22.6. The number of carbonyl (C=O) groups is 2. The van der Waals surface area contributed by atoms with E-state index in [-0.39, 0.29) is 17.3 Å². The van der Waals surface area contributed by atoms with E-state index in [0.717, 1.165) is 67.0 Å². The molecular formula is C55H58Cl6N10O6S3. The molecule has 0 bridgehead atoms. The number of nitrogens with zero attached hydrogens (tertiary/aromatic N) is 10. The molecule has 4 aromatic carbocycles. The van der Waals surface area contributed by atoms with Crippen LogP contribution in [0.25, 0.3) is 4.83 Å². The minimum absolute atomic E-state index is 0. The minimum atomic E-state index is -0.889. The number of hydrogen-bond donors (Lipinski definition) is 1. The predicted molar refractivity (Wildman–Crippen MR) is 331 cm³/mol. The molecular weight excluding hydrogens is 1210 g/mol. The molecule has 2 aliphatic rings. The molecule has 6 heterocycles. The van der Waals surface area contributed by atoms with E-state index in [0.29, 0.717) is 24.3 Å². The fraction of sp³-hybridized carbons (Fsp3) is 0.236. The molecule has 10 rings (SSSR count). The summed E-state index contributed by atoms with van der Waals surface area (Å²) in [6, 6.07) is 31.1. The molecule has 0 aliphatic carbocycles. The fourth-order valence-corrected chi connectivity index (χ4v) is 10.1. The zero-order chi connectivity index (χ0) is 58.3. The summed E-state index contributed by atoms with van der Waals surface area (Å²) in [5, 5.41) is 10.4. The molecule has 25 heteroatoms. The Labute approximate surface area is 510 Å². The van der Waals surface area contributed by atoms with E-state index in [1.54, 1.807) is 41.4 Å². The maximum Gasteiger partial charge on any atom is 0.466 e. The summed E-state index contributed by atoms with van der Waals surface area (Å²) in [7, 11) is 20.5. The Hall–Kier alpha value is -6.26. The molecule has 0 radical (unpaired) electrons. The third kappa shape index (κ3) is 15.8. The largest absolute Gasteiger partial charge is 1.00 e. The molecule has 0 unspecified atom stereocenters. The fourth-order valence-electron chi connectivity index (χ4n) is 8.48. The average molecular weight is 1260 g/mol. The van der Waals surface area contributed by atoms with E-state index in [1.165, 1.54) is 67.2 Å². The van der Waals surface area contributed by atoms with Crippen molar-refractivity contribution in [3.8, 4) is 0 Å². The quantitative estimate of drug-likeness (QED) is 0.0759. The van der Waals surface area contributed by atoms with Crippen LogP contribution in [0.15, 0.2) is 125 Å². The van der Waals surface area contributed by atoms with Gasteiger partial charge < -0.3 is 51.9 Å². The summed E-state index contributed by atoms with van der Waals surface area (Å²) < 4.78 is 7.90. The van der Waals surface area contributed by atoms with Crippen molar-refractivity contribution in [2.45, 2.75) is 20.3 Å². The van der Waals surface area contributed by atoms with E-state index in [1.807, 2.05) is 65.3 Å². The van der Waals surface area contributed by atoms with Crippen LogP contribution in [0.4, 0.5) is 66.5 Å². The lowest BCUT2D eigenvalue weighted by Crippen LogP contribution is -3.00. The SMILES string of the molecule is Cc1cc2c(cc1N(C)C)N(C)c1cc(N(C)C)ccc1C2.Cc1cc2c(cc1N(C)C)N(C)c1cc(N(C)C)ccc1N2C(=O)On1ccc(Cl)cc1=S.O=C(Cl)Cl.O=c1o[n+]2cc(Cl)ccc2s1.On1ccc(Cl)cc1=S.[Cl-]. The molecule has 80 heavy (non-hydrogen) atoms. The lowest BCUT2D eigenvalue weighted by atomic mass is 9.93. The summed E-state index contributed by atoms with van der Waals surface area (Å²) in [6.07, 6.45) is 4.92. The standard InChI is InChI=1S/C24H26ClN5O2S.C19H25N3.C6H3ClNO2S.C5H4ClNOS.CCl2O.ClH/c1-15-11-22-21(14-19(15)27(4)5)28(6)20-13-17(26(2)3)7-8-18(20)30(22)24(31)32-29-10-9-16(25)12-23(29)33;1-13-9-15-10-14-7-8-16(20(2)3)11-18(14)22(6)19(15)12-17(13)21(4)5;7-4-1-2-5-8(3-4)10-6(9)11-5;6-4-1-2-7(8)5(9)3-4;2-1(3)4;/h7-14H,1-6H3;7-9,11-12H,10H2,1-6H3;1-3H;1-3,8H;;1H/q;;+1;;;/p-1. The zero-order valence-corrected chi connectivity index (χ0v) is 52.6. The topological polar surface area (TPSA) is 130 Å². The van der Waals surface area contributed by atoms with Gasteiger partial charge in [-0.1, -0.05) is 71.4 Å². The maximum absolute atomic E-state index is 13.5. The molecule has 4 aromatic heterocycles. The predicted octanol–water partition coefficient (Wildman–Crippen LogP) is 11.4. The molecule has 424 valence electrons. The van der Waals surface area contributed by atoms with Gasteiger partial charge in [-0.2, -0.15) is 14.0 Å². The van der Waals surface area contributed by atoms with Crippen molar-refractivity contribution in [2.24, 2.45) is 0 Å². The molecule has 0 atom stereocenters. The van der Waals surface area contributed by atoms with Crippen LogP contribution in [0.2, 0.25) is 15.1 Å². The molecule has 0 saturated heterocycles. The first-order chi connectivity index (χ1) is 37.1. The zero-order valence-electron chi connectivity index (χ0n) is 45.6. The Morgan fingerprint density at radius 2 is 1.14 bits per heavy atom. The molecule has 0 spiro atoms. The first kappa shape index (κ1) is 64.6. The van der Waals surface area contributed by atoms with E-state index in [2.05, 4.69) is 145 Å². The molecule has 2 aliphatic heterocycles. The molecule has 0 saturated carbocycles. The highest BCUT2D eigenvalue weighted by molar-refractivity contribution is 7.71. The third-order valence-corrected chi connectivity index (χ3v) is 14.4. The van der Waals surface area contributed by atoms with Gasteiger partial charge in [0.2, 0.25) is 6.20 Å². The number of benzene rings is 4. The van der Waals surface area contributed by atoms with Gasteiger partial charge in [0.1, 0.15) is 14.3 Å². The van der Waals surface area contributed by atoms with Crippen LogP contribution >= 0.6 is 93.8 Å². The highest BCUT2D eigenvalue weighted by Crippen LogP contribution is 2.50. The van der Waals surface area contributed by atoms with Crippen molar-refractivity contribution in [1.29, 1.82) is 0 Å². The van der Waals surface area contributed by atoms with Crippen LogP contribution in [-0.2, 0) is 6.42 Å². The Morgan fingerprint density at radius 1 is 0.625 bits per heavy atom. The van der Waals surface area contributed by atoms with Gasteiger partial charge in [0.25, 0.3) is 0 Å². The summed E-state index contributed by atoms with van der Waals surface area (Å²) in [6.45, 7) is 4.22. The second-order valence-corrected chi connectivity index (χ2v) is 22.6. The van der Waals surface area contributed by atoms with Crippen LogP contribution in [-0.4, -0.2) is 95.9 Å². The maximum atomic E-state index is 13.5. The number of aryl methyl sites for hydroxylation is 2. The lowest BCUT2D eigenvalue weighted by Gasteiger charge is -2.38. The molecule has 1 N–H and O–H groups in total. The number of aromatic nitrogens is 3. The second-order valence-electron chi connectivity index (χ2n) is 18.7. The minimum Gasteiger partial charge on any atom is -1.00 e. The highest BCUT2D eigenvalue weighted by Gasteiger charge is 2.34. The normalized spacial score (nSPS) is 11.4. The molecule has 8 aromatic rings. The van der Waals surface area contributed by atoms with Crippen LogP contribution in [0.1, 0.15) is 22.3 Å². The van der Waals surface area contributed by atoms with Gasteiger partial charge >= 0.3 is 20.6 Å². The first-order valence-electron chi connectivity index (χ1n) is 23.8. The average Bonchev–Trinajstić information content (AvgIpc) is 3.81. The number of amides is 1. The summed E-state index contributed by atoms with van der Waals surface area (Å²) in [5.41, 5.74) is 15.7. The second kappa shape index (κ2) is 27.9. The molecule has 1 amide bonds. The van der Waals surface area contributed by atoms with Crippen molar-refractivity contribution in [3.63, 3.8) is 0 Å². The van der Waals surface area contributed by atoms with Crippen molar-refractivity contribution >= 4 is 166 Å². The van der Waals surface area contributed by atoms with Crippen molar-refractivity contribution in [1.82, 2.24) is 9.46 Å². The van der Waals surface area contributed by atoms with Gasteiger partial charge in [-0.15, -0.1) is 0 Å². The van der Waals surface area contributed by atoms with Gasteiger partial charge in [-0.25, -0.2) is 14.5 Å². The van der Waals surface area contributed by atoms with Gasteiger partial charge in [0.05, 0.1) is 22.7 Å². The molecule has 16 nitrogen and oxygen atoms in total. The number of hydrogen-bond acceptors (Lipinski definition) is 15. The van der Waals surface area contributed by atoms with E-state index in [4.69, 9.17) is 66.4 Å². The number of anilines is 10. The van der Waals surface area contributed by atoms with Crippen LogP contribution < -0.4 is 61.1 Å². The first-order valence-corrected chi connectivity index (χ1v) is 27.3. The molecule has 0 fully saturated rings. The van der Waals surface area contributed by atoms with Crippen molar-refractivity contribution < 1.29 is 41.1 Å². The van der Waals surface area contributed by atoms with Gasteiger partial charge in [-0.3, -0.25) is 4.79 Å². The van der Waals surface area contributed by atoms with Crippen LogP contribution in [0.3, 0.4) is 0 Å². The highest BCUT2D eigenvalue weighted by atomic mass is 35.5. The van der Waals surface area contributed by atoms with Gasteiger partial charge in [0, 0.05) is 155 Å². The number of carbonyl (C=O) groups excluding carboxylic acids is 2. The Bertz CT molecular complexity index is 3740.